The molecule has 6 heteroatoms. The van der Waals surface area contributed by atoms with E-state index in [9.17, 15) is 4.79 Å². The lowest BCUT2D eigenvalue weighted by Crippen LogP contribution is -2.13. The first-order valence-corrected chi connectivity index (χ1v) is 5.87. The summed E-state index contributed by atoms with van der Waals surface area (Å²) in [6.07, 6.45) is 1.66. The first-order valence-electron chi connectivity index (χ1n) is 5.87. The zero-order valence-electron chi connectivity index (χ0n) is 11.1. The van der Waals surface area contributed by atoms with E-state index in [4.69, 9.17) is 0 Å². The Hall–Kier alpha value is -2.11. The van der Waals surface area contributed by atoms with Gasteiger partial charge < -0.3 is 5.32 Å². The molecule has 0 fully saturated rings. The Morgan fingerprint density at radius 1 is 1.44 bits per heavy atom. The van der Waals surface area contributed by atoms with Gasteiger partial charge in [-0.2, -0.15) is 10.2 Å². The third-order valence-corrected chi connectivity index (χ3v) is 3.00. The molecule has 0 unspecified atom stereocenters. The normalized spacial score (nSPS) is 10.7. The van der Waals surface area contributed by atoms with Crippen molar-refractivity contribution in [3.05, 3.63) is 29.3 Å². The first-order chi connectivity index (χ1) is 8.52. The zero-order chi connectivity index (χ0) is 13.3. The number of aryl methyl sites for hydroxylation is 3. The number of carbonyl (C=O) groups excluding carboxylic acids is 1. The highest BCUT2D eigenvalue weighted by Gasteiger charge is 2.14. The van der Waals surface area contributed by atoms with Gasteiger partial charge in [0.05, 0.1) is 17.6 Å². The van der Waals surface area contributed by atoms with E-state index < -0.39 is 0 Å². The Balaban J connectivity index is 2.18. The number of rotatable bonds is 3. The van der Waals surface area contributed by atoms with Gasteiger partial charge in [-0.1, -0.05) is 0 Å². The molecule has 2 aromatic heterocycles. The van der Waals surface area contributed by atoms with Crippen molar-refractivity contribution in [1.82, 2.24) is 19.6 Å². The maximum atomic E-state index is 12.0. The Bertz CT molecular complexity index is 562. The van der Waals surface area contributed by atoms with Crippen LogP contribution in [-0.4, -0.2) is 25.5 Å². The van der Waals surface area contributed by atoms with Crippen LogP contribution in [0.4, 0.5) is 5.69 Å². The van der Waals surface area contributed by atoms with Crippen LogP contribution in [0.15, 0.2) is 12.3 Å². The fourth-order valence-electron chi connectivity index (χ4n) is 1.75. The number of hydrogen-bond acceptors (Lipinski definition) is 3. The highest BCUT2D eigenvalue weighted by atomic mass is 16.2. The Morgan fingerprint density at radius 3 is 2.67 bits per heavy atom. The Labute approximate surface area is 106 Å². The molecule has 0 aliphatic rings. The molecular formula is C12H17N5O. The number of amides is 1. The molecule has 0 atom stereocenters. The second kappa shape index (κ2) is 4.64. The number of anilines is 1. The molecule has 2 rings (SSSR count). The molecule has 0 spiro atoms. The standard InChI is InChI=1S/C12H17N5O/c1-5-17-9(3)11(7-13-17)14-12(18)10-6-8(2)16(4)15-10/h6-7H,5H2,1-4H3,(H,14,18). The average molecular weight is 247 g/mol. The van der Waals surface area contributed by atoms with Crippen LogP contribution >= 0.6 is 0 Å². The van der Waals surface area contributed by atoms with E-state index in [-0.39, 0.29) is 5.91 Å². The number of nitrogens with one attached hydrogen (secondary N) is 1. The number of nitrogens with zero attached hydrogens (tertiary/aromatic N) is 4. The van der Waals surface area contributed by atoms with Gasteiger partial charge in [-0.3, -0.25) is 14.2 Å². The van der Waals surface area contributed by atoms with Crippen LogP contribution < -0.4 is 5.32 Å². The van der Waals surface area contributed by atoms with Gasteiger partial charge in [0, 0.05) is 19.3 Å². The summed E-state index contributed by atoms with van der Waals surface area (Å²) in [6.45, 7) is 6.62. The van der Waals surface area contributed by atoms with Crippen LogP contribution in [0.25, 0.3) is 0 Å². The molecule has 0 aliphatic heterocycles. The minimum atomic E-state index is -0.211. The molecule has 0 saturated heterocycles. The molecule has 6 nitrogen and oxygen atoms in total. The van der Waals surface area contributed by atoms with Crippen molar-refractivity contribution in [1.29, 1.82) is 0 Å². The van der Waals surface area contributed by atoms with Crippen molar-refractivity contribution >= 4 is 11.6 Å². The third kappa shape index (κ3) is 2.13. The summed E-state index contributed by atoms with van der Waals surface area (Å²) in [7, 11) is 1.81. The zero-order valence-corrected chi connectivity index (χ0v) is 11.1. The van der Waals surface area contributed by atoms with Crippen molar-refractivity contribution < 1.29 is 4.79 Å². The predicted molar refractivity (Wildman–Crippen MR) is 68.5 cm³/mol. The van der Waals surface area contributed by atoms with Crippen LogP contribution in [0.5, 0.6) is 0 Å². The SMILES string of the molecule is CCn1ncc(NC(=O)c2cc(C)n(C)n2)c1C. The van der Waals surface area contributed by atoms with Crippen LogP contribution in [0, 0.1) is 13.8 Å². The molecule has 18 heavy (non-hydrogen) atoms. The van der Waals surface area contributed by atoms with Crippen LogP contribution in [0.3, 0.4) is 0 Å². The van der Waals surface area contributed by atoms with Gasteiger partial charge in [0.25, 0.3) is 5.91 Å². The number of carbonyl (C=O) groups is 1. The fraction of sp³-hybridized carbons (Fsp3) is 0.417. The second-order valence-electron chi connectivity index (χ2n) is 4.21. The van der Waals surface area contributed by atoms with Crippen molar-refractivity contribution in [3.63, 3.8) is 0 Å². The average Bonchev–Trinajstić information content (AvgIpc) is 2.85. The molecule has 1 amide bonds. The van der Waals surface area contributed by atoms with Gasteiger partial charge in [0.1, 0.15) is 0 Å². The maximum Gasteiger partial charge on any atom is 0.276 e. The van der Waals surface area contributed by atoms with E-state index in [0.717, 1.165) is 23.6 Å². The summed E-state index contributed by atoms with van der Waals surface area (Å²) >= 11 is 0. The van der Waals surface area contributed by atoms with Crippen molar-refractivity contribution in [2.45, 2.75) is 27.3 Å². The number of hydrogen-bond donors (Lipinski definition) is 1. The molecule has 0 saturated carbocycles. The monoisotopic (exact) mass is 247 g/mol. The molecular weight excluding hydrogens is 230 g/mol. The summed E-state index contributed by atoms with van der Waals surface area (Å²) in [5.74, 6) is -0.211. The number of aromatic nitrogens is 4. The topological polar surface area (TPSA) is 64.7 Å². The van der Waals surface area contributed by atoms with Gasteiger partial charge in [0.2, 0.25) is 0 Å². The summed E-state index contributed by atoms with van der Waals surface area (Å²) in [6, 6.07) is 1.76. The fourth-order valence-corrected chi connectivity index (χ4v) is 1.75. The molecule has 2 aromatic rings. The highest BCUT2D eigenvalue weighted by Crippen LogP contribution is 2.14. The van der Waals surface area contributed by atoms with Gasteiger partial charge in [-0.05, 0) is 26.8 Å². The molecule has 0 aliphatic carbocycles. The smallest absolute Gasteiger partial charge is 0.276 e. The van der Waals surface area contributed by atoms with E-state index in [2.05, 4.69) is 15.5 Å². The van der Waals surface area contributed by atoms with E-state index >= 15 is 0 Å². The lowest BCUT2D eigenvalue weighted by Gasteiger charge is -2.03. The minimum Gasteiger partial charge on any atom is -0.318 e. The highest BCUT2D eigenvalue weighted by molar-refractivity contribution is 6.03. The molecule has 1 N–H and O–H groups in total. The van der Waals surface area contributed by atoms with E-state index in [1.165, 1.54) is 0 Å². The summed E-state index contributed by atoms with van der Waals surface area (Å²) in [5.41, 5.74) is 3.03. The third-order valence-electron chi connectivity index (χ3n) is 3.00. The van der Waals surface area contributed by atoms with Crippen molar-refractivity contribution in [2.24, 2.45) is 7.05 Å². The quantitative estimate of drug-likeness (QED) is 0.894. The van der Waals surface area contributed by atoms with Gasteiger partial charge in [-0.15, -0.1) is 0 Å². The summed E-state index contributed by atoms with van der Waals surface area (Å²) in [5, 5.41) is 11.1. The van der Waals surface area contributed by atoms with Gasteiger partial charge in [0.15, 0.2) is 5.69 Å². The van der Waals surface area contributed by atoms with Crippen LogP contribution in [0.2, 0.25) is 0 Å². The Morgan fingerprint density at radius 2 is 2.17 bits per heavy atom. The lowest BCUT2D eigenvalue weighted by molar-refractivity contribution is 0.102. The van der Waals surface area contributed by atoms with Crippen LogP contribution in [-0.2, 0) is 13.6 Å². The van der Waals surface area contributed by atoms with Crippen LogP contribution in [0.1, 0.15) is 28.8 Å². The largest absolute Gasteiger partial charge is 0.318 e. The predicted octanol–water partition coefficient (Wildman–Crippen LogP) is 1.51. The molecule has 96 valence electrons. The maximum absolute atomic E-state index is 12.0. The summed E-state index contributed by atoms with van der Waals surface area (Å²) in [4.78, 5) is 12.0. The molecule has 0 radical (unpaired) electrons. The van der Waals surface area contributed by atoms with Gasteiger partial charge >= 0.3 is 0 Å². The summed E-state index contributed by atoms with van der Waals surface area (Å²) < 4.78 is 3.51. The Kier molecular flexibility index (Phi) is 3.18. The first kappa shape index (κ1) is 12.3. The molecule has 0 bridgehead atoms. The molecule has 2 heterocycles. The lowest BCUT2D eigenvalue weighted by atomic mass is 10.3. The molecule has 0 aromatic carbocycles. The van der Waals surface area contributed by atoms with Crippen molar-refractivity contribution in [3.8, 4) is 0 Å². The van der Waals surface area contributed by atoms with E-state index in [0.29, 0.717) is 5.69 Å². The van der Waals surface area contributed by atoms with Crippen molar-refractivity contribution in [2.75, 3.05) is 5.32 Å². The minimum absolute atomic E-state index is 0.211. The second-order valence-corrected chi connectivity index (χ2v) is 4.21. The van der Waals surface area contributed by atoms with Gasteiger partial charge in [-0.25, -0.2) is 0 Å². The van der Waals surface area contributed by atoms with E-state index in [1.54, 1.807) is 16.9 Å². The van der Waals surface area contributed by atoms with E-state index in [1.807, 2.05) is 32.5 Å².